The Balaban J connectivity index is 1.58. The maximum absolute atomic E-state index is 6.59. The van der Waals surface area contributed by atoms with Crippen LogP contribution in [0.4, 0.5) is 5.69 Å². The molecule has 170 valence electrons. The standard InChI is InChI=1S/C34H23NO/c1-20-16-18-28-31(21(20)2)35-33(22-10-4-3-5-11-22)34(28)26-14-8-6-13-25(26)30-27(34)19-17-24-23-12-7-9-15-29(23)36-32(24)30/h3-19H,1-2H3. The van der Waals surface area contributed by atoms with Gasteiger partial charge in [0.25, 0.3) is 0 Å². The van der Waals surface area contributed by atoms with E-state index in [0.29, 0.717) is 0 Å². The predicted molar refractivity (Wildman–Crippen MR) is 148 cm³/mol. The molecule has 1 spiro atoms. The first-order valence-electron chi connectivity index (χ1n) is 12.5. The Hall–Kier alpha value is -4.43. The second-order valence-corrected chi connectivity index (χ2v) is 9.99. The van der Waals surface area contributed by atoms with Crippen LogP contribution < -0.4 is 0 Å². The van der Waals surface area contributed by atoms with Crippen molar-refractivity contribution in [2.45, 2.75) is 19.3 Å². The first kappa shape index (κ1) is 19.8. The molecule has 0 N–H and O–H groups in total. The van der Waals surface area contributed by atoms with E-state index in [2.05, 4.69) is 111 Å². The van der Waals surface area contributed by atoms with Gasteiger partial charge in [0.2, 0.25) is 0 Å². The molecule has 1 aliphatic heterocycles. The predicted octanol–water partition coefficient (Wildman–Crippen LogP) is 8.65. The van der Waals surface area contributed by atoms with Gasteiger partial charge in [-0.1, -0.05) is 97.1 Å². The fourth-order valence-electron chi connectivity index (χ4n) is 6.54. The molecule has 0 amide bonds. The highest BCUT2D eigenvalue weighted by molar-refractivity contribution is 6.23. The van der Waals surface area contributed by atoms with Gasteiger partial charge in [0.05, 0.1) is 16.8 Å². The molecule has 1 atom stereocenters. The van der Waals surface area contributed by atoms with Gasteiger partial charge in [0.15, 0.2) is 0 Å². The highest BCUT2D eigenvalue weighted by Gasteiger charge is 2.53. The fraction of sp³-hybridized carbons (Fsp3) is 0.0882. The highest BCUT2D eigenvalue weighted by Crippen LogP contribution is 2.61. The summed E-state index contributed by atoms with van der Waals surface area (Å²) in [6.07, 6.45) is 0. The van der Waals surface area contributed by atoms with E-state index in [9.17, 15) is 0 Å². The summed E-state index contributed by atoms with van der Waals surface area (Å²) in [4.78, 5) is 5.42. The lowest BCUT2D eigenvalue weighted by molar-refractivity contribution is 0.669. The summed E-state index contributed by atoms with van der Waals surface area (Å²) in [6, 6.07) is 36.9. The van der Waals surface area contributed by atoms with Crippen LogP contribution >= 0.6 is 0 Å². The van der Waals surface area contributed by atoms with Gasteiger partial charge in [-0.15, -0.1) is 0 Å². The maximum Gasteiger partial charge on any atom is 0.143 e. The van der Waals surface area contributed by atoms with Crippen LogP contribution in [-0.4, -0.2) is 5.71 Å². The minimum atomic E-state index is -0.492. The molecular formula is C34H23NO. The molecule has 0 saturated heterocycles. The Labute approximate surface area is 209 Å². The zero-order valence-electron chi connectivity index (χ0n) is 20.2. The van der Waals surface area contributed by atoms with Crippen molar-refractivity contribution in [1.29, 1.82) is 0 Å². The van der Waals surface area contributed by atoms with Crippen molar-refractivity contribution in [2.24, 2.45) is 4.99 Å². The first-order valence-corrected chi connectivity index (χ1v) is 12.5. The van der Waals surface area contributed by atoms with Gasteiger partial charge in [-0.2, -0.15) is 0 Å². The van der Waals surface area contributed by atoms with Crippen LogP contribution in [0.25, 0.3) is 33.1 Å². The smallest absolute Gasteiger partial charge is 0.143 e. The summed E-state index contributed by atoms with van der Waals surface area (Å²) in [5, 5.41) is 2.32. The molecule has 1 aromatic heterocycles. The molecule has 0 fully saturated rings. The number of nitrogens with zero attached hydrogens (tertiary/aromatic N) is 1. The summed E-state index contributed by atoms with van der Waals surface area (Å²) in [5.74, 6) is 0. The second-order valence-electron chi connectivity index (χ2n) is 9.99. The summed E-state index contributed by atoms with van der Waals surface area (Å²) in [7, 11) is 0. The summed E-state index contributed by atoms with van der Waals surface area (Å²) < 4.78 is 6.59. The third-order valence-corrected chi connectivity index (χ3v) is 8.28. The van der Waals surface area contributed by atoms with Crippen molar-refractivity contribution in [2.75, 3.05) is 0 Å². The fourth-order valence-corrected chi connectivity index (χ4v) is 6.54. The van der Waals surface area contributed by atoms with Crippen molar-refractivity contribution in [3.63, 3.8) is 0 Å². The van der Waals surface area contributed by atoms with Crippen LogP contribution in [0.15, 0.2) is 113 Å². The molecule has 2 nitrogen and oxygen atoms in total. The summed E-state index contributed by atoms with van der Waals surface area (Å²) >= 11 is 0. The van der Waals surface area contributed by atoms with Crippen LogP contribution in [0, 0.1) is 13.8 Å². The van der Waals surface area contributed by atoms with Crippen LogP contribution in [-0.2, 0) is 5.41 Å². The van der Waals surface area contributed by atoms with Gasteiger partial charge in [-0.25, -0.2) is 0 Å². The molecule has 2 heteroatoms. The maximum atomic E-state index is 6.59. The van der Waals surface area contributed by atoms with Crippen molar-refractivity contribution in [1.82, 2.24) is 0 Å². The first-order chi connectivity index (χ1) is 17.7. The number of hydrogen-bond donors (Lipinski definition) is 0. The third-order valence-electron chi connectivity index (χ3n) is 8.28. The molecule has 2 heterocycles. The van der Waals surface area contributed by atoms with E-state index in [1.54, 1.807) is 0 Å². The molecule has 6 aromatic rings. The largest absolute Gasteiger partial charge is 0.455 e. The van der Waals surface area contributed by atoms with Crippen LogP contribution in [0.2, 0.25) is 0 Å². The van der Waals surface area contributed by atoms with E-state index in [4.69, 9.17) is 9.41 Å². The SMILES string of the molecule is Cc1ccc2c(c1C)N=C(c1ccccc1)C21c2ccccc2-c2c1ccc1c2oc2ccccc21. The topological polar surface area (TPSA) is 25.5 Å². The van der Waals surface area contributed by atoms with E-state index < -0.39 is 5.41 Å². The van der Waals surface area contributed by atoms with Crippen LogP contribution in [0.3, 0.4) is 0 Å². The molecular weight excluding hydrogens is 438 g/mol. The number of rotatable bonds is 1. The Morgan fingerprint density at radius 1 is 0.639 bits per heavy atom. The number of hydrogen-bond acceptors (Lipinski definition) is 2. The van der Waals surface area contributed by atoms with Gasteiger partial charge < -0.3 is 4.42 Å². The van der Waals surface area contributed by atoms with Gasteiger partial charge in [-0.3, -0.25) is 4.99 Å². The minimum absolute atomic E-state index is 0.492. The van der Waals surface area contributed by atoms with Gasteiger partial charge in [0.1, 0.15) is 11.2 Å². The van der Waals surface area contributed by atoms with Crippen molar-refractivity contribution in [3.8, 4) is 11.1 Å². The lowest BCUT2D eigenvalue weighted by Gasteiger charge is -2.31. The molecule has 0 saturated carbocycles. The number of benzene rings is 5. The Kier molecular flexibility index (Phi) is 3.76. The molecule has 36 heavy (non-hydrogen) atoms. The van der Waals surface area contributed by atoms with Gasteiger partial charge >= 0.3 is 0 Å². The van der Waals surface area contributed by atoms with Gasteiger partial charge in [-0.05, 0) is 58.9 Å². The van der Waals surface area contributed by atoms with Crippen LogP contribution in [0.5, 0.6) is 0 Å². The number of furan rings is 1. The number of fused-ring (bicyclic) bond motifs is 11. The van der Waals surface area contributed by atoms with E-state index in [-0.39, 0.29) is 0 Å². The minimum Gasteiger partial charge on any atom is -0.455 e. The molecule has 0 radical (unpaired) electrons. The molecule has 1 unspecified atom stereocenters. The average Bonchev–Trinajstić information content (AvgIpc) is 3.57. The Morgan fingerprint density at radius 2 is 1.39 bits per heavy atom. The quantitative estimate of drug-likeness (QED) is 0.240. The lowest BCUT2D eigenvalue weighted by Crippen LogP contribution is -2.34. The molecule has 8 rings (SSSR count). The number of aryl methyl sites for hydroxylation is 1. The van der Waals surface area contributed by atoms with Crippen molar-refractivity contribution in [3.05, 3.63) is 137 Å². The molecule has 0 bridgehead atoms. The van der Waals surface area contributed by atoms with Crippen molar-refractivity contribution < 1.29 is 4.42 Å². The molecule has 2 aliphatic rings. The lowest BCUT2D eigenvalue weighted by atomic mass is 9.68. The van der Waals surface area contributed by atoms with Crippen LogP contribution in [0.1, 0.15) is 33.4 Å². The third kappa shape index (κ3) is 2.25. The van der Waals surface area contributed by atoms with E-state index in [1.807, 2.05) is 6.07 Å². The monoisotopic (exact) mass is 461 g/mol. The molecule has 5 aromatic carbocycles. The van der Waals surface area contributed by atoms with Crippen molar-refractivity contribution >= 4 is 33.3 Å². The Bertz CT molecular complexity index is 1910. The number of aliphatic imine (C=N–C) groups is 1. The highest BCUT2D eigenvalue weighted by atomic mass is 16.3. The normalized spacial score (nSPS) is 17.4. The molecule has 1 aliphatic carbocycles. The van der Waals surface area contributed by atoms with E-state index in [0.717, 1.165) is 38.9 Å². The summed E-state index contributed by atoms with van der Waals surface area (Å²) in [6.45, 7) is 4.37. The Morgan fingerprint density at radius 3 is 2.28 bits per heavy atom. The number of para-hydroxylation sites is 1. The van der Waals surface area contributed by atoms with E-state index >= 15 is 0 Å². The van der Waals surface area contributed by atoms with Gasteiger partial charge in [0, 0.05) is 16.3 Å². The zero-order chi connectivity index (χ0) is 24.0. The average molecular weight is 462 g/mol. The zero-order valence-corrected chi connectivity index (χ0v) is 20.2. The van der Waals surface area contributed by atoms with E-state index in [1.165, 1.54) is 38.9 Å². The summed E-state index contributed by atoms with van der Waals surface area (Å²) in [5.41, 5.74) is 13.4. The second kappa shape index (κ2) is 6.83.